The van der Waals surface area contributed by atoms with Crippen molar-refractivity contribution in [2.75, 3.05) is 23.8 Å². The number of rotatable bonds is 4. The summed E-state index contributed by atoms with van der Waals surface area (Å²) in [6.45, 7) is 2.02. The number of amides is 1. The molecule has 2 aromatic carbocycles. The van der Waals surface area contributed by atoms with Crippen molar-refractivity contribution < 1.29 is 13.6 Å². The number of nitrogens with zero attached hydrogens (tertiary/aromatic N) is 1. The lowest BCUT2D eigenvalue weighted by Gasteiger charge is -2.23. The van der Waals surface area contributed by atoms with Crippen LogP contribution in [0.25, 0.3) is 0 Å². The number of carbonyl (C=O) groups excluding carboxylic acids is 1. The van der Waals surface area contributed by atoms with E-state index in [2.05, 4.69) is 5.32 Å². The second-order valence-corrected chi connectivity index (χ2v) is 4.41. The van der Waals surface area contributed by atoms with Crippen LogP contribution in [0.4, 0.5) is 20.2 Å². The third-order valence-corrected chi connectivity index (χ3v) is 3.20. The van der Waals surface area contributed by atoms with Crippen LogP contribution in [0, 0.1) is 11.6 Å². The zero-order valence-electron chi connectivity index (χ0n) is 11.9. The molecule has 110 valence electrons. The number of halogens is 2. The molecular formula is C16H16F2N2O. The first kappa shape index (κ1) is 15.0. The molecule has 0 heterocycles. The molecule has 0 aromatic heterocycles. The molecular weight excluding hydrogens is 274 g/mol. The quantitative estimate of drug-likeness (QED) is 0.931. The highest BCUT2D eigenvalue weighted by Gasteiger charge is 2.22. The normalized spacial score (nSPS) is 10.3. The Morgan fingerprint density at radius 1 is 1.10 bits per heavy atom. The maximum Gasteiger partial charge on any atom is 0.260 e. The summed E-state index contributed by atoms with van der Waals surface area (Å²) in [5.74, 6) is -1.46. The van der Waals surface area contributed by atoms with E-state index in [0.29, 0.717) is 0 Å². The summed E-state index contributed by atoms with van der Waals surface area (Å²) in [5.41, 5.74) is 0.455. The van der Waals surface area contributed by atoms with Crippen molar-refractivity contribution in [1.29, 1.82) is 0 Å². The molecule has 2 aromatic rings. The van der Waals surface area contributed by atoms with Gasteiger partial charge in [0.25, 0.3) is 5.91 Å². The van der Waals surface area contributed by atoms with E-state index in [9.17, 15) is 13.6 Å². The van der Waals surface area contributed by atoms with Crippen molar-refractivity contribution in [1.82, 2.24) is 0 Å². The van der Waals surface area contributed by atoms with Crippen LogP contribution in [0.1, 0.15) is 17.3 Å². The summed E-state index contributed by atoms with van der Waals surface area (Å²) < 4.78 is 27.6. The van der Waals surface area contributed by atoms with Crippen LogP contribution >= 0.6 is 0 Å². The van der Waals surface area contributed by atoms with Crippen LogP contribution in [-0.4, -0.2) is 19.5 Å². The predicted molar refractivity (Wildman–Crippen MR) is 79.7 cm³/mol. The van der Waals surface area contributed by atoms with Crippen LogP contribution in [0.5, 0.6) is 0 Å². The van der Waals surface area contributed by atoms with E-state index in [1.54, 1.807) is 19.1 Å². The highest BCUT2D eigenvalue weighted by molar-refractivity contribution is 6.09. The van der Waals surface area contributed by atoms with Gasteiger partial charge in [-0.05, 0) is 31.2 Å². The number of nitrogens with one attached hydrogen (secondary N) is 1. The minimum atomic E-state index is -0.520. The fourth-order valence-corrected chi connectivity index (χ4v) is 2.20. The third-order valence-electron chi connectivity index (χ3n) is 3.20. The van der Waals surface area contributed by atoms with Crippen LogP contribution in [0.2, 0.25) is 0 Å². The van der Waals surface area contributed by atoms with Gasteiger partial charge in [0.05, 0.1) is 16.9 Å². The molecule has 0 atom stereocenters. The molecule has 0 spiro atoms. The number of hydrogen-bond donors (Lipinski definition) is 1. The number of para-hydroxylation sites is 2. The Morgan fingerprint density at radius 2 is 1.76 bits per heavy atom. The number of benzene rings is 2. The van der Waals surface area contributed by atoms with Gasteiger partial charge in [0.15, 0.2) is 0 Å². The Bertz CT molecular complexity index is 658. The van der Waals surface area contributed by atoms with Crippen molar-refractivity contribution in [2.24, 2.45) is 0 Å². The smallest absolute Gasteiger partial charge is 0.260 e. The molecule has 0 saturated heterocycles. The van der Waals surface area contributed by atoms with Crippen LogP contribution in [0.3, 0.4) is 0 Å². The van der Waals surface area contributed by atoms with Gasteiger partial charge in [0, 0.05) is 13.6 Å². The summed E-state index contributed by atoms with van der Waals surface area (Å²) >= 11 is 0. The molecule has 3 nitrogen and oxygen atoms in total. The maximum absolute atomic E-state index is 13.9. The standard InChI is InChI=1S/C16H16F2N2O/c1-3-20(14-10-5-4-8-12(14)17)16(21)11-7-6-9-13(18)15(11)19-2/h4-10,19H,3H2,1-2H3. The lowest BCUT2D eigenvalue weighted by molar-refractivity contribution is 0.0988. The molecule has 0 aliphatic rings. The highest BCUT2D eigenvalue weighted by atomic mass is 19.1. The van der Waals surface area contributed by atoms with Gasteiger partial charge in [-0.2, -0.15) is 0 Å². The Morgan fingerprint density at radius 3 is 2.38 bits per heavy atom. The Balaban J connectivity index is 2.47. The number of anilines is 2. The van der Waals surface area contributed by atoms with Crippen LogP contribution in [-0.2, 0) is 0 Å². The van der Waals surface area contributed by atoms with Crippen molar-refractivity contribution in [3.63, 3.8) is 0 Å². The summed E-state index contributed by atoms with van der Waals surface area (Å²) in [5, 5.41) is 2.67. The highest BCUT2D eigenvalue weighted by Crippen LogP contribution is 2.25. The van der Waals surface area contributed by atoms with Gasteiger partial charge in [-0.15, -0.1) is 0 Å². The fraction of sp³-hybridized carbons (Fsp3) is 0.188. The van der Waals surface area contributed by atoms with Crippen molar-refractivity contribution in [3.8, 4) is 0 Å². The Kier molecular flexibility index (Phi) is 4.52. The van der Waals surface area contributed by atoms with Gasteiger partial charge in [0.2, 0.25) is 0 Å². The Hall–Kier alpha value is -2.43. The predicted octanol–water partition coefficient (Wildman–Crippen LogP) is 3.67. The summed E-state index contributed by atoms with van der Waals surface area (Å²) in [6.07, 6.45) is 0. The topological polar surface area (TPSA) is 32.3 Å². The van der Waals surface area contributed by atoms with Crippen molar-refractivity contribution in [2.45, 2.75) is 6.92 Å². The first-order valence-corrected chi connectivity index (χ1v) is 6.62. The average molecular weight is 290 g/mol. The Labute approximate surface area is 122 Å². The SMILES string of the molecule is CCN(C(=O)c1cccc(F)c1NC)c1ccccc1F. The molecule has 0 fully saturated rings. The van der Waals surface area contributed by atoms with E-state index in [4.69, 9.17) is 0 Å². The number of hydrogen-bond acceptors (Lipinski definition) is 2. The van der Waals surface area contributed by atoms with Crippen molar-refractivity contribution >= 4 is 17.3 Å². The fourth-order valence-electron chi connectivity index (χ4n) is 2.20. The van der Waals surface area contributed by atoms with E-state index < -0.39 is 17.5 Å². The van der Waals surface area contributed by atoms with Gasteiger partial charge in [-0.3, -0.25) is 4.79 Å². The van der Waals surface area contributed by atoms with Crippen LogP contribution in [0.15, 0.2) is 42.5 Å². The molecule has 0 aliphatic heterocycles. The second-order valence-electron chi connectivity index (χ2n) is 4.41. The molecule has 5 heteroatoms. The van der Waals surface area contributed by atoms with Crippen molar-refractivity contribution in [3.05, 3.63) is 59.7 Å². The van der Waals surface area contributed by atoms with E-state index in [0.717, 1.165) is 0 Å². The maximum atomic E-state index is 13.9. The molecule has 1 amide bonds. The lowest BCUT2D eigenvalue weighted by Crippen LogP contribution is -2.32. The largest absolute Gasteiger partial charge is 0.385 e. The first-order chi connectivity index (χ1) is 10.1. The lowest BCUT2D eigenvalue weighted by atomic mass is 10.1. The molecule has 21 heavy (non-hydrogen) atoms. The summed E-state index contributed by atoms with van der Waals surface area (Å²) in [4.78, 5) is 13.9. The zero-order valence-corrected chi connectivity index (χ0v) is 11.9. The molecule has 0 bridgehead atoms. The third kappa shape index (κ3) is 2.86. The molecule has 0 saturated carbocycles. The van der Waals surface area contributed by atoms with Crippen LogP contribution < -0.4 is 10.2 Å². The molecule has 0 unspecified atom stereocenters. The van der Waals surface area contributed by atoms with Gasteiger partial charge in [-0.1, -0.05) is 18.2 Å². The van der Waals surface area contributed by atoms with E-state index >= 15 is 0 Å². The number of carbonyl (C=O) groups is 1. The zero-order chi connectivity index (χ0) is 15.4. The minimum absolute atomic E-state index is 0.109. The van der Waals surface area contributed by atoms with E-state index in [1.807, 2.05) is 0 Å². The van der Waals surface area contributed by atoms with Gasteiger partial charge in [0.1, 0.15) is 11.6 Å². The van der Waals surface area contributed by atoms with E-state index in [1.165, 1.54) is 42.3 Å². The first-order valence-electron chi connectivity index (χ1n) is 6.62. The minimum Gasteiger partial charge on any atom is -0.385 e. The monoisotopic (exact) mass is 290 g/mol. The molecule has 1 N–H and O–H groups in total. The summed E-state index contributed by atoms with van der Waals surface area (Å²) in [7, 11) is 1.54. The molecule has 0 aliphatic carbocycles. The summed E-state index contributed by atoms with van der Waals surface area (Å²) in [6, 6.07) is 10.3. The molecule has 0 radical (unpaired) electrons. The van der Waals surface area contributed by atoms with Gasteiger partial charge in [-0.25, -0.2) is 8.78 Å². The molecule has 2 rings (SSSR count). The van der Waals surface area contributed by atoms with Gasteiger partial charge < -0.3 is 10.2 Å². The second kappa shape index (κ2) is 6.35. The van der Waals surface area contributed by atoms with E-state index in [-0.39, 0.29) is 23.5 Å². The average Bonchev–Trinajstić information content (AvgIpc) is 2.49. The van der Waals surface area contributed by atoms with Gasteiger partial charge >= 0.3 is 0 Å².